The average molecular weight is 533 g/mol. The monoisotopic (exact) mass is 531 g/mol. The third-order valence-corrected chi connectivity index (χ3v) is 6.56. The molecule has 182 valence electrons. The number of hydrogen-bond donors (Lipinski definition) is 1. The highest BCUT2D eigenvalue weighted by Crippen LogP contribution is 2.32. The fraction of sp³-hybridized carbons (Fsp3) is 0.231. The van der Waals surface area contributed by atoms with Crippen LogP contribution in [-0.2, 0) is 13.2 Å². The highest BCUT2D eigenvalue weighted by Gasteiger charge is 2.16. The Morgan fingerprint density at radius 1 is 1.11 bits per heavy atom. The number of anilines is 1. The van der Waals surface area contributed by atoms with Crippen LogP contribution in [0, 0.1) is 6.92 Å². The van der Waals surface area contributed by atoms with Gasteiger partial charge in [0, 0.05) is 26.8 Å². The van der Waals surface area contributed by atoms with Gasteiger partial charge >= 0.3 is 0 Å². The highest BCUT2D eigenvalue weighted by atomic mass is 35.5. The molecule has 0 aliphatic rings. The molecule has 2 heterocycles. The summed E-state index contributed by atoms with van der Waals surface area (Å²) in [5.74, 6) is 1.30. The maximum absolute atomic E-state index is 12.7. The molecule has 0 aliphatic carbocycles. The summed E-state index contributed by atoms with van der Waals surface area (Å²) in [5, 5.41) is 8.86. The molecule has 0 atom stereocenters. The fourth-order valence-corrected chi connectivity index (χ4v) is 4.21. The van der Waals surface area contributed by atoms with Gasteiger partial charge in [-0.3, -0.25) is 9.48 Å². The minimum atomic E-state index is -0.392. The number of nitrogens with zero attached hydrogens (tertiary/aromatic N) is 2. The lowest BCUT2D eigenvalue weighted by molar-refractivity contribution is 0.0992. The molecule has 0 saturated heterocycles. The van der Waals surface area contributed by atoms with Crippen molar-refractivity contribution in [1.82, 2.24) is 9.78 Å². The van der Waals surface area contributed by atoms with Gasteiger partial charge < -0.3 is 14.5 Å². The van der Waals surface area contributed by atoms with E-state index in [1.807, 2.05) is 19.1 Å². The van der Waals surface area contributed by atoms with Crippen molar-refractivity contribution in [3.63, 3.8) is 0 Å². The van der Waals surface area contributed by atoms with Gasteiger partial charge in [-0.1, -0.05) is 54.7 Å². The zero-order valence-electron chi connectivity index (χ0n) is 19.4. The molecule has 0 radical (unpaired) electrons. The van der Waals surface area contributed by atoms with Gasteiger partial charge in [-0.05, 0) is 60.4 Å². The first-order valence-corrected chi connectivity index (χ1v) is 12.1. The maximum Gasteiger partial charge on any atom is 0.291 e. The lowest BCUT2D eigenvalue weighted by Gasteiger charge is -2.15. The zero-order valence-corrected chi connectivity index (χ0v) is 21.7. The molecule has 9 heteroatoms. The summed E-state index contributed by atoms with van der Waals surface area (Å²) in [4.78, 5) is 12.7. The fourth-order valence-electron chi connectivity index (χ4n) is 3.53. The summed E-state index contributed by atoms with van der Waals surface area (Å²) in [6.07, 6.45) is 3.24. The van der Waals surface area contributed by atoms with Crippen LogP contribution in [0.1, 0.15) is 52.8 Å². The van der Waals surface area contributed by atoms with Crippen LogP contribution in [-0.4, -0.2) is 15.7 Å². The Morgan fingerprint density at radius 2 is 1.86 bits per heavy atom. The normalized spacial score (nSPS) is 11.2. The van der Waals surface area contributed by atoms with E-state index in [0.717, 1.165) is 22.4 Å². The van der Waals surface area contributed by atoms with Gasteiger partial charge in [-0.2, -0.15) is 5.10 Å². The van der Waals surface area contributed by atoms with Crippen molar-refractivity contribution in [1.29, 1.82) is 0 Å². The van der Waals surface area contributed by atoms with Crippen LogP contribution < -0.4 is 10.1 Å². The van der Waals surface area contributed by atoms with Gasteiger partial charge in [-0.25, -0.2) is 0 Å². The topological polar surface area (TPSA) is 69.3 Å². The van der Waals surface area contributed by atoms with E-state index >= 15 is 0 Å². The van der Waals surface area contributed by atoms with Crippen LogP contribution in [0.2, 0.25) is 15.1 Å². The van der Waals surface area contributed by atoms with Crippen molar-refractivity contribution in [2.24, 2.45) is 0 Å². The number of carbonyl (C=O) groups excluding carboxylic acids is 1. The lowest BCUT2D eigenvalue weighted by Crippen LogP contribution is -2.10. The third kappa shape index (κ3) is 6.01. The van der Waals surface area contributed by atoms with Crippen LogP contribution in [0.25, 0.3) is 0 Å². The minimum absolute atomic E-state index is 0.168. The molecule has 0 spiro atoms. The van der Waals surface area contributed by atoms with Crippen molar-refractivity contribution >= 4 is 46.4 Å². The van der Waals surface area contributed by atoms with Gasteiger partial charge in [-0.15, -0.1) is 0 Å². The Bertz CT molecular complexity index is 1340. The summed E-state index contributed by atoms with van der Waals surface area (Å²) < 4.78 is 13.3. The van der Waals surface area contributed by atoms with E-state index in [0.29, 0.717) is 33.1 Å². The van der Waals surface area contributed by atoms with E-state index in [-0.39, 0.29) is 18.3 Å². The van der Waals surface area contributed by atoms with Crippen molar-refractivity contribution in [3.05, 3.63) is 98.1 Å². The van der Waals surface area contributed by atoms with Crippen LogP contribution >= 0.6 is 34.8 Å². The molecule has 0 aliphatic heterocycles. The van der Waals surface area contributed by atoms with E-state index in [2.05, 4.69) is 24.3 Å². The van der Waals surface area contributed by atoms with Gasteiger partial charge in [0.2, 0.25) is 0 Å². The molecule has 4 rings (SSSR count). The van der Waals surface area contributed by atoms with Crippen molar-refractivity contribution in [2.75, 3.05) is 5.32 Å². The van der Waals surface area contributed by atoms with Crippen molar-refractivity contribution in [2.45, 2.75) is 39.8 Å². The number of hydrogen-bond acceptors (Lipinski definition) is 4. The average Bonchev–Trinajstić information content (AvgIpc) is 3.46. The Kier molecular flexibility index (Phi) is 7.75. The Balaban J connectivity index is 1.39. The highest BCUT2D eigenvalue weighted by molar-refractivity contribution is 6.36. The second-order valence-electron chi connectivity index (χ2n) is 8.43. The number of amides is 1. The molecule has 1 amide bonds. The molecule has 4 aromatic rings. The summed E-state index contributed by atoms with van der Waals surface area (Å²) in [5.41, 5.74) is 3.22. The molecule has 0 fully saturated rings. The summed E-state index contributed by atoms with van der Waals surface area (Å²) in [6, 6.07) is 12.5. The Hall–Kier alpha value is -2.93. The molecule has 1 N–H and O–H groups in total. The molecule has 0 bridgehead atoms. The molecular formula is C26H24Cl3N3O3. The van der Waals surface area contributed by atoms with Crippen molar-refractivity contribution < 1.29 is 13.9 Å². The SMILES string of the molecule is Cc1cc(OCc2ccc(C(=O)Nc3cnn(Cc4c(Cl)cccc4Cl)c3)o2)c(C(C)C)cc1Cl. The first-order valence-electron chi connectivity index (χ1n) is 11.0. The second kappa shape index (κ2) is 10.8. The van der Waals surface area contributed by atoms with E-state index in [9.17, 15) is 4.79 Å². The standard InChI is InChI=1S/C26H24Cl3N3O3/c1-15(2)19-10-23(29)16(3)9-25(19)34-14-18-7-8-24(35-18)26(33)31-17-11-30-32(12-17)13-20-21(27)5-4-6-22(20)28/h4-12,15H,13-14H2,1-3H3,(H,31,33). The van der Waals surface area contributed by atoms with E-state index in [1.165, 1.54) is 0 Å². The first-order chi connectivity index (χ1) is 16.7. The summed E-state index contributed by atoms with van der Waals surface area (Å²) in [7, 11) is 0. The minimum Gasteiger partial charge on any atom is -0.485 e. The zero-order chi connectivity index (χ0) is 25.1. The molecule has 2 aromatic heterocycles. The van der Waals surface area contributed by atoms with E-state index in [1.54, 1.807) is 47.4 Å². The number of halogens is 3. The Morgan fingerprint density at radius 3 is 2.57 bits per heavy atom. The smallest absolute Gasteiger partial charge is 0.291 e. The van der Waals surface area contributed by atoms with Crippen LogP contribution in [0.4, 0.5) is 5.69 Å². The lowest BCUT2D eigenvalue weighted by atomic mass is 10.0. The van der Waals surface area contributed by atoms with Gasteiger partial charge in [0.25, 0.3) is 5.91 Å². The summed E-state index contributed by atoms with van der Waals surface area (Å²) in [6.45, 7) is 6.65. The van der Waals surface area contributed by atoms with E-state index < -0.39 is 5.91 Å². The molecular weight excluding hydrogens is 509 g/mol. The van der Waals surface area contributed by atoms with Crippen LogP contribution in [0.15, 0.2) is 59.3 Å². The summed E-state index contributed by atoms with van der Waals surface area (Å²) >= 11 is 18.7. The number of furan rings is 1. The van der Waals surface area contributed by atoms with Crippen LogP contribution in [0.5, 0.6) is 5.75 Å². The quantitative estimate of drug-likeness (QED) is 0.252. The number of carbonyl (C=O) groups is 1. The van der Waals surface area contributed by atoms with Gasteiger partial charge in [0.1, 0.15) is 18.1 Å². The van der Waals surface area contributed by atoms with E-state index in [4.69, 9.17) is 44.0 Å². The van der Waals surface area contributed by atoms with Gasteiger partial charge in [0.05, 0.1) is 18.4 Å². The molecule has 6 nitrogen and oxygen atoms in total. The largest absolute Gasteiger partial charge is 0.485 e. The van der Waals surface area contributed by atoms with Crippen LogP contribution in [0.3, 0.4) is 0 Å². The first kappa shape index (κ1) is 25.2. The predicted octanol–water partition coefficient (Wildman–Crippen LogP) is 7.75. The number of ether oxygens (including phenoxy) is 1. The number of nitrogens with one attached hydrogen (secondary N) is 1. The maximum atomic E-state index is 12.7. The number of benzene rings is 2. The molecule has 2 aromatic carbocycles. The molecule has 0 unspecified atom stereocenters. The molecule has 35 heavy (non-hydrogen) atoms. The molecule has 0 saturated carbocycles. The van der Waals surface area contributed by atoms with Crippen molar-refractivity contribution in [3.8, 4) is 5.75 Å². The Labute approximate surface area is 218 Å². The third-order valence-electron chi connectivity index (χ3n) is 5.44. The number of aryl methyl sites for hydroxylation is 1. The second-order valence-corrected chi connectivity index (χ2v) is 9.65. The number of aromatic nitrogens is 2. The number of rotatable bonds is 8. The predicted molar refractivity (Wildman–Crippen MR) is 139 cm³/mol. The van der Waals surface area contributed by atoms with Gasteiger partial charge in [0.15, 0.2) is 5.76 Å².